The van der Waals surface area contributed by atoms with Gasteiger partial charge in [0.25, 0.3) is 0 Å². The number of imidazole rings is 1. The van der Waals surface area contributed by atoms with Crippen molar-refractivity contribution in [3.05, 3.63) is 52.1 Å². The predicted octanol–water partition coefficient (Wildman–Crippen LogP) is 3.46. The Morgan fingerprint density at radius 2 is 2.00 bits per heavy atom. The Morgan fingerprint density at radius 1 is 1.27 bits per heavy atom. The molecule has 6 nitrogen and oxygen atoms in total. The topological polar surface area (TPSA) is 86.2 Å². The number of pyridine rings is 1. The minimum absolute atomic E-state index is 0.107. The van der Waals surface area contributed by atoms with Crippen LogP contribution in [0.25, 0.3) is 11.2 Å². The summed E-state index contributed by atoms with van der Waals surface area (Å²) in [5.74, 6) is -0.615. The van der Waals surface area contributed by atoms with E-state index in [0.717, 1.165) is 0 Å². The standard InChI is InChI=1S/C13H8Cl2FN5O/c14-8-3-6(4-9(15)10(8)16)20-12(21-22)7-1-2-17-13-11(7)18-5-19-13/h1-5,22H,(H,20,21)(H,17,18,19). The number of nitrogens with one attached hydrogen (secondary N) is 2. The van der Waals surface area contributed by atoms with Crippen LogP contribution in [0, 0.1) is 5.82 Å². The zero-order valence-electron chi connectivity index (χ0n) is 10.8. The second kappa shape index (κ2) is 5.88. The Labute approximate surface area is 133 Å². The third-order valence-electron chi connectivity index (χ3n) is 2.90. The lowest BCUT2D eigenvalue weighted by Gasteiger charge is -2.07. The van der Waals surface area contributed by atoms with Crippen LogP contribution in [0.5, 0.6) is 0 Å². The first-order valence-electron chi connectivity index (χ1n) is 6.02. The van der Waals surface area contributed by atoms with E-state index in [1.807, 2.05) is 5.48 Å². The quantitative estimate of drug-likeness (QED) is 0.289. The number of aromatic amines is 1. The van der Waals surface area contributed by atoms with Gasteiger partial charge in [0.2, 0.25) is 0 Å². The first-order chi connectivity index (χ1) is 10.6. The molecule has 0 amide bonds. The van der Waals surface area contributed by atoms with Crippen molar-refractivity contribution in [1.29, 1.82) is 0 Å². The molecule has 0 atom stereocenters. The van der Waals surface area contributed by atoms with Crippen LogP contribution in [0.2, 0.25) is 10.0 Å². The molecule has 0 bridgehead atoms. The molecule has 112 valence electrons. The number of aromatic nitrogens is 3. The van der Waals surface area contributed by atoms with Crippen LogP contribution in [-0.4, -0.2) is 26.0 Å². The lowest BCUT2D eigenvalue weighted by Crippen LogP contribution is -2.20. The Kier molecular flexibility index (Phi) is 3.93. The fourth-order valence-corrected chi connectivity index (χ4v) is 2.40. The maximum Gasteiger partial charge on any atom is 0.178 e. The highest BCUT2D eigenvalue weighted by Gasteiger charge is 2.12. The molecule has 3 N–H and O–H groups in total. The molecule has 0 aliphatic heterocycles. The number of halogens is 3. The first kappa shape index (κ1) is 14.7. The summed E-state index contributed by atoms with van der Waals surface area (Å²) < 4.78 is 13.4. The van der Waals surface area contributed by atoms with E-state index >= 15 is 0 Å². The van der Waals surface area contributed by atoms with E-state index < -0.39 is 5.82 Å². The maximum absolute atomic E-state index is 13.4. The second-order valence-corrected chi connectivity index (χ2v) is 5.07. The largest absolute Gasteiger partial charge is 0.343 e. The number of aliphatic imine (C=N–C) groups is 1. The van der Waals surface area contributed by atoms with Gasteiger partial charge in [0, 0.05) is 11.8 Å². The Morgan fingerprint density at radius 3 is 2.68 bits per heavy atom. The van der Waals surface area contributed by atoms with E-state index in [1.165, 1.54) is 24.7 Å². The summed E-state index contributed by atoms with van der Waals surface area (Å²) in [6, 6.07) is 4.23. The number of fused-ring (bicyclic) bond motifs is 1. The van der Waals surface area contributed by atoms with Gasteiger partial charge < -0.3 is 4.98 Å². The molecule has 22 heavy (non-hydrogen) atoms. The minimum Gasteiger partial charge on any atom is -0.343 e. The maximum atomic E-state index is 13.4. The lowest BCUT2D eigenvalue weighted by atomic mass is 10.2. The van der Waals surface area contributed by atoms with Crippen LogP contribution >= 0.6 is 23.2 Å². The zero-order chi connectivity index (χ0) is 15.7. The van der Waals surface area contributed by atoms with E-state index in [9.17, 15) is 9.60 Å². The number of amidine groups is 1. The molecule has 0 saturated heterocycles. The van der Waals surface area contributed by atoms with Crippen molar-refractivity contribution >= 4 is 45.9 Å². The van der Waals surface area contributed by atoms with Crippen molar-refractivity contribution in [3.8, 4) is 0 Å². The van der Waals surface area contributed by atoms with Crippen LogP contribution < -0.4 is 5.48 Å². The van der Waals surface area contributed by atoms with Gasteiger partial charge in [-0.1, -0.05) is 23.2 Å². The highest BCUT2D eigenvalue weighted by atomic mass is 35.5. The SMILES string of the molecule is ONC(=Nc1cc(Cl)c(F)c(Cl)c1)c1ccnc2nc[nH]c12. The van der Waals surface area contributed by atoms with E-state index in [2.05, 4.69) is 19.9 Å². The lowest BCUT2D eigenvalue weighted by molar-refractivity contribution is 0.235. The van der Waals surface area contributed by atoms with Crippen LogP contribution in [0.15, 0.2) is 35.7 Å². The molecule has 3 aromatic rings. The monoisotopic (exact) mass is 339 g/mol. The Bertz CT molecular complexity index is 857. The average molecular weight is 340 g/mol. The van der Waals surface area contributed by atoms with Gasteiger partial charge in [-0.3, -0.25) is 10.7 Å². The third-order valence-corrected chi connectivity index (χ3v) is 3.45. The molecular formula is C13H8Cl2FN5O. The minimum atomic E-state index is -0.722. The van der Waals surface area contributed by atoms with Crippen molar-refractivity contribution in [2.45, 2.75) is 0 Å². The summed E-state index contributed by atoms with van der Waals surface area (Å²) in [4.78, 5) is 15.2. The molecule has 1 aromatic carbocycles. The molecule has 0 spiro atoms. The summed E-state index contributed by atoms with van der Waals surface area (Å²) in [7, 11) is 0. The van der Waals surface area contributed by atoms with Crippen molar-refractivity contribution < 1.29 is 9.60 Å². The molecule has 0 aliphatic carbocycles. The van der Waals surface area contributed by atoms with E-state index in [-0.39, 0.29) is 21.6 Å². The van der Waals surface area contributed by atoms with Crippen LogP contribution in [-0.2, 0) is 0 Å². The number of hydrogen-bond acceptors (Lipinski definition) is 4. The normalized spacial score (nSPS) is 11.9. The van der Waals surface area contributed by atoms with Gasteiger partial charge in [-0.2, -0.15) is 0 Å². The fraction of sp³-hybridized carbons (Fsp3) is 0. The van der Waals surface area contributed by atoms with Gasteiger partial charge >= 0.3 is 0 Å². The van der Waals surface area contributed by atoms with Gasteiger partial charge in [-0.15, -0.1) is 0 Å². The summed E-state index contributed by atoms with van der Waals surface area (Å²) in [5, 5.41) is 9.03. The van der Waals surface area contributed by atoms with Gasteiger partial charge in [0.1, 0.15) is 0 Å². The molecule has 0 unspecified atom stereocenters. The highest BCUT2D eigenvalue weighted by Crippen LogP contribution is 2.29. The third kappa shape index (κ3) is 2.61. The number of hydroxylamine groups is 1. The number of benzene rings is 1. The second-order valence-electron chi connectivity index (χ2n) is 4.26. The van der Waals surface area contributed by atoms with E-state index in [0.29, 0.717) is 16.7 Å². The van der Waals surface area contributed by atoms with Gasteiger partial charge in [-0.05, 0) is 18.2 Å². The smallest absolute Gasteiger partial charge is 0.178 e. The summed E-state index contributed by atoms with van der Waals surface area (Å²) in [6.07, 6.45) is 3.00. The van der Waals surface area contributed by atoms with Crippen molar-refractivity contribution in [2.24, 2.45) is 4.99 Å². The molecule has 0 saturated carbocycles. The van der Waals surface area contributed by atoms with Crippen LogP contribution in [0.4, 0.5) is 10.1 Å². The molecule has 3 rings (SSSR count). The first-order valence-corrected chi connectivity index (χ1v) is 6.77. The molecule has 2 aromatic heterocycles. The van der Waals surface area contributed by atoms with Crippen molar-refractivity contribution in [2.75, 3.05) is 0 Å². The molecule has 2 heterocycles. The van der Waals surface area contributed by atoms with Gasteiger partial charge in [-0.25, -0.2) is 19.4 Å². The summed E-state index contributed by atoms with van der Waals surface area (Å²) >= 11 is 11.5. The number of hydrogen-bond donors (Lipinski definition) is 3. The molecular weight excluding hydrogens is 332 g/mol. The molecule has 9 heteroatoms. The van der Waals surface area contributed by atoms with Crippen LogP contribution in [0.3, 0.4) is 0 Å². The van der Waals surface area contributed by atoms with Gasteiger partial charge in [0.05, 0.1) is 27.6 Å². The Balaban J connectivity index is 2.13. The molecule has 0 aliphatic rings. The van der Waals surface area contributed by atoms with Crippen LogP contribution in [0.1, 0.15) is 5.56 Å². The number of rotatable bonds is 2. The molecule has 0 fully saturated rings. The summed E-state index contributed by atoms with van der Waals surface area (Å²) in [5.41, 5.74) is 3.85. The van der Waals surface area contributed by atoms with E-state index in [1.54, 1.807) is 6.07 Å². The number of H-pyrrole nitrogens is 1. The Hall–Kier alpha value is -2.22. The predicted molar refractivity (Wildman–Crippen MR) is 81.4 cm³/mol. The number of nitrogens with zero attached hydrogens (tertiary/aromatic N) is 3. The average Bonchev–Trinajstić information content (AvgIpc) is 2.98. The van der Waals surface area contributed by atoms with Crippen molar-refractivity contribution in [3.63, 3.8) is 0 Å². The fourth-order valence-electron chi connectivity index (χ4n) is 1.93. The van der Waals surface area contributed by atoms with Gasteiger partial charge in [0.15, 0.2) is 17.3 Å². The molecule has 0 radical (unpaired) electrons. The summed E-state index contributed by atoms with van der Waals surface area (Å²) in [6.45, 7) is 0. The zero-order valence-corrected chi connectivity index (χ0v) is 12.3. The highest BCUT2D eigenvalue weighted by molar-refractivity contribution is 6.35. The van der Waals surface area contributed by atoms with Crippen molar-refractivity contribution in [1.82, 2.24) is 20.4 Å². The van der Waals surface area contributed by atoms with E-state index in [4.69, 9.17) is 23.2 Å².